The third-order valence-electron chi connectivity index (χ3n) is 5.64. The van der Waals surface area contributed by atoms with Crippen molar-refractivity contribution in [1.82, 2.24) is 10.2 Å². The molecule has 2 aromatic rings. The summed E-state index contributed by atoms with van der Waals surface area (Å²) in [6, 6.07) is 19.0. The van der Waals surface area contributed by atoms with Crippen LogP contribution in [0.5, 0.6) is 5.75 Å². The Hall–Kier alpha value is -2.53. The van der Waals surface area contributed by atoms with E-state index in [2.05, 4.69) is 60.6 Å². The summed E-state index contributed by atoms with van der Waals surface area (Å²) in [5.74, 6) is 1.83. The van der Waals surface area contributed by atoms with Crippen LogP contribution in [-0.2, 0) is 16.7 Å². The number of rotatable bonds is 7. The SMILES string of the molecule is CCNC(=NCC1(c2ccc(OC)cc2)CCOCC1)N(C)Cc1ccccc1. The predicted octanol–water partition coefficient (Wildman–Crippen LogP) is 3.84. The van der Waals surface area contributed by atoms with Gasteiger partial charge in [0.1, 0.15) is 5.75 Å². The molecule has 0 bridgehead atoms. The van der Waals surface area contributed by atoms with Crippen LogP contribution in [0.4, 0.5) is 0 Å². The molecule has 1 aliphatic rings. The lowest BCUT2D eigenvalue weighted by Crippen LogP contribution is -2.41. The molecule has 0 aromatic heterocycles. The summed E-state index contributed by atoms with van der Waals surface area (Å²) in [4.78, 5) is 7.26. The van der Waals surface area contributed by atoms with E-state index in [1.165, 1.54) is 11.1 Å². The molecule has 1 saturated heterocycles. The Morgan fingerprint density at radius 3 is 2.41 bits per heavy atom. The first-order valence-electron chi connectivity index (χ1n) is 10.4. The lowest BCUT2D eigenvalue weighted by Gasteiger charge is -2.37. The maximum Gasteiger partial charge on any atom is 0.193 e. The van der Waals surface area contributed by atoms with Crippen LogP contribution in [0.15, 0.2) is 59.6 Å². The minimum atomic E-state index is -0.00121. The number of hydrogen-bond acceptors (Lipinski definition) is 3. The Morgan fingerprint density at radius 2 is 1.79 bits per heavy atom. The first kappa shape index (κ1) is 21.2. The van der Waals surface area contributed by atoms with Gasteiger partial charge in [0.15, 0.2) is 5.96 Å². The molecule has 0 aliphatic carbocycles. The molecule has 0 radical (unpaired) electrons. The fourth-order valence-electron chi connectivity index (χ4n) is 3.87. The molecule has 156 valence electrons. The zero-order valence-electron chi connectivity index (χ0n) is 17.9. The Kier molecular flexibility index (Phi) is 7.53. The second-order valence-electron chi connectivity index (χ2n) is 7.63. The van der Waals surface area contributed by atoms with Gasteiger partial charge >= 0.3 is 0 Å². The second-order valence-corrected chi connectivity index (χ2v) is 7.63. The normalized spacial score (nSPS) is 16.3. The van der Waals surface area contributed by atoms with E-state index in [4.69, 9.17) is 14.5 Å². The summed E-state index contributed by atoms with van der Waals surface area (Å²) in [5, 5.41) is 3.45. The van der Waals surface area contributed by atoms with Gasteiger partial charge < -0.3 is 19.7 Å². The first-order chi connectivity index (χ1) is 14.2. The number of nitrogens with one attached hydrogen (secondary N) is 1. The van der Waals surface area contributed by atoms with Crippen molar-refractivity contribution in [3.8, 4) is 5.75 Å². The van der Waals surface area contributed by atoms with E-state index >= 15 is 0 Å². The number of methoxy groups -OCH3 is 1. The van der Waals surface area contributed by atoms with Crippen molar-refractivity contribution in [3.05, 3.63) is 65.7 Å². The maximum absolute atomic E-state index is 5.67. The van der Waals surface area contributed by atoms with Gasteiger partial charge in [0.25, 0.3) is 0 Å². The third kappa shape index (κ3) is 5.51. The van der Waals surface area contributed by atoms with Gasteiger partial charge in [0.05, 0.1) is 13.7 Å². The molecule has 5 nitrogen and oxygen atoms in total. The third-order valence-corrected chi connectivity index (χ3v) is 5.64. The van der Waals surface area contributed by atoms with Gasteiger partial charge in [-0.25, -0.2) is 0 Å². The van der Waals surface area contributed by atoms with Gasteiger partial charge in [-0.3, -0.25) is 4.99 Å². The minimum absolute atomic E-state index is 0.00121. The van der Waals surface area contributed by atoms with Gasteiger partial charge in [-0.1, -0.05) is 42.5 Å². The largest absolute Gasteiger partial charge is 0.497 e. The first-order valence-corrected chi connectivity index (χ1v) is 10.4. The quantitative estimate of drug-likeness (QED) is 0.572. The fraction of sp³-hybridized carbons (Fsp3) is 0.458. The van der Waals surface area contributed by atoms with Crippen molar-refractivity contribution in [1.29, 1.82) is 0 Å². The molecule has 0 unspecified atom stereocenters. The average molecular weight is 396 g/mol. The van der Waals surface area contributed by atoms with Gasteiger partial charge in [-0.05, 0) is 43.0 Å². The molecule has 5 heteroatoms. The van der Waals surface area contributed by atoms with Crippen LogP contribution < -0.4 is 10.1 Å². The Morgan fingerprint density at radius 1 is 1.10 bits per heavy atom. The minimum Gasteiger partial charge on any atom is -0.497 e. The highest BCUT2D eigenvalue weighted by molar-refractivity contribution is 5.79. The van der Waals surface area contributed by atoms with E-state index in [0.717, 1.165) is 57.4 Å². The van der Waals surface area contributed by atoms with Crippen LogP contribution in [0, 0.1) is 0 Å². The van der Waals surface area contributed by atoms with E-state index in [1.807, 2.05) is 18.2 Å². The standard InChI is InChI=1S/C24H33N3O2/c1-4-25-23(27(2)18-20-8-6-5-7-9-20)26-19-24(14-16-29-17-15-24)21-10-12-22(28-3)13-11-21/h5-13H,4,14-19H2,1-3H3,(H,25,26). The van der Waals surface area contributed by atoms with E-state index < -0.39 is 0 Å². The monoisotopic (exact) mass is 395 g/mol. The molecule has 2 aromatic carbocycles. The number of aliphatic imine (C=N–C) groups is 1. The topological polar surface area (TPSA) is 46.1 Å². The molecular weight excluding hydrogens is 362 g/mol. The highest BCUT2D eigenvalue weighted by Crippen LogP contribution is 2.36. The van der Waals surface area contributed by atoms with Crippen molar-refractivity contribution in [2.75, 3.05) is 40.5 Å². The van der Waals surface area contributed by atoms with E-state index in [9.17, 15) is 0 Å². The summed E-state index contributed by atoms with van der Waals surface area (Å²) < 4.78 is 11.0. The zero-order valence-corrected chi connectivity index (χ0v) is 17.9. The van der Waals surface area contributed by atoms with E-state index in [0.29, 0.717) is 0 Å². The number of nitrogens with zero attached hydrogens (tertiary/aromatic N) is 2. The lowest BCUT2D eigenvalue weighted by molar-refractivity contribution is 0.0530. The van der Waals surface area contributed by atoms with Crippen molar-refractivity contribution >= 4 is 5.96 Å². The highest BCUT2D eigenvalue weighted by atomic mass is 16.5. The van der Waals surface area contributed by atoms with Crippen LogP contribution in [-0.4, -0.2) is 51.3 Å². The molecule has 3 rings (SSSR count). The molecule has 0 saturated carbocycles. The van der Waals surface area contributed by atoms with Crippen LogP contribution in [0.25, 0.3) is 0 Å². The van der Waals surface area contributed by atoms with Crippen molar-refractivity contribution < 1.29 is 9.47 Å². The average Bonchev–Trinajstić information content (AvgIpc) is 2.78. The predicted molar refractivity (Wildman–Crippen MR) is 119 cm³/mol. The number of ether oxygens (including phenoxy) is 2. The van der Waals surface area contributed by atoms with Crippen LogP contribution in [0.1, 0.15) is 30.9 Å². The second kappa shape index (κ2) is 10.3. The summed E-state index contributed by atoms with van der Waals surface area (Å²) in [7, 11) is 3.80. The highest BCUT2D eigenvalue weighted by Gasteiger charge is 2.34. The molecule has 0 amide bonds. The summed E-state index contributed by atoms with van der Waals surface area (Å²) >= 11 is 0. The number of guanidine groups is 1. The van der Waals surface area contributed by atoms with Gasteiger partial charge in [0, 0.05) is 38.8 Å². The molecule has 0 atom stereocenters. The molecule has 0 spiro atoms. The molecule has 1 fully saturated rings. The molecule has 1 N–H and O–H groups in total. The summed E-state index contributed by atoms with van der Waals surface area (Å²) in [6.45, 7) is 6.07. The van der Waals surface area contributed by atoms with E-state index in [-0.39, 0.29) is 5.41 Å². The van der Waals surface area contributed by atoms with Gasteiger partial charge in [-0.15, -0.1) is 0 Å². The molecule has 29 heavy (non-hydrogen) atoms. The summed E-state index contributed by atoms with van der Waals surface area (Å²) in [6.07, 6.45) is 1.95. The Bertz CT molecular complexity index is 768. The smallest absolute Gasteiger partial charge is 0.193 e. The maximum atomic E-state index is 5.67. The Labute approximate surface area is 174 Å². The number of hydrogen-bond donors (Lipinski definition) is 1. The number of benzene rings is 2. The van der Waals surface area contributed by atoms with Crippen molar-refractivity contribution in [3.63, 3.8) is 0 Å². The van der Waals surface area contributed by atoms with Crippen molar-refractivity contribution in [2.24, 2.45) is 4.99 Å². The Balaban J connectivity index is 1.81. The van der Waals surface area contributed by atoms with Crippen molar-refractivity contribution in [2.45, 2.75) is 31.7 Å². The molecular formula is C24H33N3O2. The van der Waals surface area contributed by atoms with Crippen LogP contribution >= 0.6 is 0 Å². The summed E-state index contributed by atoms with van der Waals surface area (Å²) in [5.41, 5.74) is 2.59. The zero-order chi connectivity index (χ0) is 20.5. The molecule has 1 heterocycles. The van der Waals surface area contributed by atoms with Gasteiger partial charge in [0.2, 0.25) is 0 Å². The lowest BCUT2D eigenvalue weighted by atomic mass is 9.74. The molecule has 1 aliphatic heterocycles. The van der Waals surface area contributed by atoms with Crippen LogP contribution in [0.3, 0.4) is 0 Å². The van der Waals surface area contributed by atoms with Gasteiger partial charge in [-0.2, -0.15) is 0 Å². The van der Waals surface area contributed by atoms with Crippen LogP contribution in [0.2, 0.25) is 0 Å². The fourth-order valence-corrected chi connectivity index (χ4v) is 3.87. The van der Waals surface area contributed by atoms with E-state index in [1.54, 1.807) is 7.11 Å².